The van der Waals surface area contributed by atoms with Gasteiger partial charge in [0.25, 0.3) is 0 Å². The number of fused-ring (bicyclic) bond motifs is 2. The van der Waals surface area contributed by atoms with Crippen LogP contribution in [-0.2, 0) is 4.79 Å². The van der Waals surface area contributed by atoms with Crippen LogP contribution in [0.2, 0.25) is 0 Å². The van der Waals surface area contributed by atoms with Crippen LogP contribution >= 0.6 is 0 Å². The Morgan fingerprint density at radius 3 is 2.59 bits per heavy atom. The zero-order valence-electron chi connectivity index (χ0n) is 16.0. The van der Waals surface area contributed by atoms with Crippen molar-refractivity contribution in [3.63, 3.8) is 0 Å². The molecule has 4 aliphatic rings. The minimum Gasteiger partial charge on any atom is -0.371 e. The van der Waals surface area contributed by atoms with Gasteiger partial charge in [-0.25, -0.2) is 0 Å². The highest BCUT2D eigenvalue weighted by molar-refractivity contribution is 6.00. The first kappa shape index (κ1) is 16.7. The molecule has 0 saturated carbocycles. The number of dihydropyridines is 1. The molecule has 1 aromatic rings. The fourth-order valence-corrected chi connectivity index (χ4v) is 5.32. The third kappa shape index (κ3) is 2.53. The molecular formula is C21H25N5O. The number of allylic oxidation sites excluding steroid dienone is 2. The van der Waals surface area contributed by atoms with Crippen LogP contribution in [0.3, 0.4) is 0 Å². The predicted octanol–water partition coefficient (Wildman–Crippen LogP) is 3.59. The number of ketones is 1. The predicted molar refractivity (Wildman–Crippen MR) is 103 cm³/mol. The Hall–Kier alpha value is -2.50. The van der Waals surface area contributed by atoms with Gasteiger partial charge >= 0.3 is 0 Å². The first-order valence-corrected chi connectivity index (χ1v) is 9.79. The number of pyridine rings is 1. The summed E-state index contributed by atoms with van der Waals surface area (Å²) in [5, 5.41) is 12.2. The van der Waals surface area contributed by atoms with Crippen LogP contribution < -0.4 is 10.2 Å². The summed E-state index contributed by atoms with van der Waals surface area (Å²) in [6.07, 6.45) is 7.08. The summed E-state index contributed by atoms with van der Waals surface area (Å²) in [6.45, 7) is 6.82. The maximum atomic E-state index is 13.3. The molecule has 4 heterocycles. The van der Waals surface area contributed by atoms with E-state index in [4.69, 9.17) is 0 Å². The lowest BCUT2D eigenvalue weighted by Gasteiger charge is -2.49. The van der Waals surface area contributed by atoms with E-state index in [0.717, 1.165) is 49.4 Å². The van der Waals surface area contributed by atoms with Crippen molar-refractivity contribution in [1.29, 1.82) is 0 Å². The lowest BCUT2D eigenvalue weighted by Crippen LogP contribution is -2.49. The molecule has 1 spiro atoms. The average Bonchev–Trinajstić information content (AvgIpc) is 3.11. The Balaban J connectivity index is 1.52. The number of hydrogen-bond acceptors (Lipinski definition) is 6. The number of azo groups is 1. The fourth-order valence-electron chi connectivity index (χ4n) is 5.32. The number of nitrogens with one attached hydrogen (secondary N) is 1. The fraction of sp³-hybridized carbons (Fsp3) is 0.524. The van der Waals surface area contributed by atoms with Gasteiger partial charge in [0, 0.05) is 59.8 Å². The smallest absolute Gasteiger partial charge is 0.162 e. The highest BCUT2D eigenvalue weighted by Crippen LogP contribution is 2.55. The van der Waals surface area contributed by atoms with Crippen molar-refractivity contribution in [1.82, 2.24) is 10.3 Å². The molecule has 1 aromatic heterocycles. The maximum Gasteiger partial charge on any atom is 0.162 e. The number of rotatable bonds is 1. The Bertz CT molecular complexity index is 888. The van der Waals surface area contributed by atoms with E-state index < -0.39 is 0 Å². The number of aromatic nitrogens is 1. The van der Waals surface area contributed by atoms with E-state index in [0.29, 0.717) is 18.7 Å². The molecule has 0 unspecified atom stereocenters. The Morgan fingerprint density at radius 2 is 1.85 bits per heavy atom. The first-order valence-electron chi connectivity index (χ1n) is 9.79. The largest absolute Gasteiger partial charge is 0.371 e. The van der Waals surface area contributed by atoms with Crippen LogP contribution in [0.25, 0.3) is 0 Å². The second kappa shape index (κ2) is 5.75. The SMILES string of the molecule is CC1(C)CC(=O)C2=C(C1)NC1=C(CN=N1)C21CCN(c2ccncc2)CC1. The number of nitrogens with zero attached hydrogens (tertiary/aromatic N) is 4. The van der Waals surface area contributed by atoms with Crippen molar-refractivity contribution >= 4 is 11.5 Å². The summed E-state index contributed by atoms with van der Waals surface area (Å²) in [4.78, 5) is 19.8. The van der Waals surface area contributed by atoms with Crippen LogP contribution in [-0.4, -0.2) is 30.4 Å². The van der Waals surface area contributed by atoms with E-state index in [2.05, 4.69) is 51.4 Å². The van der Waals surface area contributed by atoms with Crippen molar-refractivity contribution in [2.24, 2.45) is 21.1 Å². The van der Waals surface area contributed by atoms with Gasteiger partial charge in [-0.2, -0.15) is 5.11 Å². The van der Waals surface area contributed by atoms with Gasteiger partial charge in [-0.05, 0) is 36.8 Å². The summed E-state index contributed by atoms with van der Waals surface area (Å²) in [7, 11) is 0. The van der Waals surface area contributed by atoms with Crippen LogP contribution in [0, 0.1) is 10.8 Å². The normalized spacial score (nSPS) is 25.6. The standard InChI is InChI=1S/C21H25N5O/c1-20(2)11-16-18(17(27)12-20)21(15-13-23-25-19(15)24-16)5-9-26(10-6-21)14-3-7-22-8-4-14/h3-4,7-8,24H,5-6,9-13H2,1-2H3. The third-order valence-corrected chi connectivity index (χ3v) is 6.53. The first-order chi connectivity index (χ1) is 13.0. The number of hydrogen-bond donors (Lipinski definition) is 1. The van der Waals surface area contributed by atoms with Gasteiger partial charge in [-0.15, -0.1) is 5.11 Å². The van der Waals surface area contributed by atoms with E-state index >= 15 is 0 Å². The highest BCUT2D eigenvalue weighted by atomic mass is 16.1. The molecule has 0 aromatic carbocycles. The maximum absolute atomic E-state index is 13.3. The molecule has 0 bridgehead atoms. The van der Waals surface area contributed by atoms with Crippen LogP contribution in [0.5, 0.6) is 0 Å². The molecule has 5 rings (SSSR count). The quantitative estimate of drug-likeness (QED) is 0.828. The van der Waals surface area contributed by atoms with Crippen molar-refractivity contribution < 1.29 is 4.79 Å². The summed E-state index contributed by atoms with van der Waals surface area (Å²) in [6, 6.07) is 4.12. The summed E-state index contributed by atoms with van der Waals surface area (Å²) < 4.78 is 0. The summed E-state index contributed by atoms with van der Waals surface area (Å²) >= 11 is 0. The van der Waals surface area contributed by atoms with Gasteiger partial charge < -0.3 is 10.2 Å². The Kier molecular flexibility index (Phi) is 3.55. The molecule has 27 heavy (non-hydrogen) atoms. The summed E-state index contributed by atoms with van der Waals surface area (Å²) in [5.74, 6) is 1.21. The molecule has 1 N–H and O–H groups in total. The van der Waals surface area contributed by atoms with Gasteiger partial charge in [-0.1, -0.05) is 13.8 Å². The molecule has 140 valence electrons. The number of piperidine rings is 1. The van der Waals surface area contributed by atoms with Crippen LogP contribution in [0.15, 0.2) is 57.4 Å². The molecule has 3 aliphatic heterocycles. The Morgan fingerprint density at radius 1 is 1.11 bits per heavy atom. The number of carbonyl (C=O) groups is 1. The van der Waals surface area contributed by atoms with Gasteiger partial charge in [0.1, 0.15) is 0 Å². The molecule has 1 aliphatic carbocycles. The Labute approximate surface area is 159 Å². The zero-order valence-corrected chi connectivity index (χ0v) is 16.0. The van der Waals surface area contributed by atoms with E-state index in [-0.39, 0.29) is 10.8 Å². The molecule has 6 nitrogen and oxygen atoms in total. The summed E-state index contributed by atoms with van der Waals surface area (Å²) in [5.41, 5.74) is 4.35. The molecular weight excluding hydrogens is 338 g/mol. The van der Waals surface area contributed by atoms with Gasteiger partial charge in [-0.3, -0.25) is 9.78 Å². The zero-order chi connectivity index (χ0) is 18.6. The van der Waals surface area contributed by atoms with E-state index in [9.17, 15) is 4.79 Å². The van der Waals surface area contributed by atoms with Gasteiger partial charge in [0.2, 0.25) is 0 Å². The van der Waals surface area contributed by atoms with Crippen molar-refractivity contribution in [3.8, 4) is 0 Å². The minimum atomic E-state index is -0.198. The lowest BCUT2D eigenvalue weighted by atomic mass is 9.60. The second-order valence-corrected chi connectivity index (χ2v) is 8.92. The van der Waals surface area contributed by atoms with Gasteiger partial charge in [0.05, 0.1) is 6.54 Å². The van der Waals surface area contributed by atoms with Crippen LogP contribution in [0.1, 0.15) is 39.5 Å². The van der Waals surface area contributed by atoms with E-state index in [1.807, 2.05) is 12.4 Å². The number of carbonyl (C=O) groups excluding carboxylic acids is 1. The van der Waals surface area contributed by atoms with Crippen molar-refractivity contribution in [2.75, 3.05) is 24.5 Å². The minimum absolute atomic E-state index is 0.00431. The molecule has 0 amide bonds. The van der Waals surface area contributed by atoms with Crippen LogP contribution in [0.4, 0.5) is 5.69 Å². The molecule has 0 radical (unpaired) electrons. The molecule has 0 atom stereocenters. The third-order valence-electron chi connectivity index (χ3n) is 6.53. The van der Waals surface area contributed by atoms with Crippen molar-refractivity contribution in [2.45, 2.75) is 39.5 Å². The number of Topliss-reactive ketones (excluding diaryl/α,β-unsaturated/α-hetero) is 1. The topological polar surface area (TPSA) is 70.0 Å². The highest BCUT2D eigenvalue weighted by Gasteiger charge is 2.52. The second-order valence-electron chi connectivity index (χ2n) is 8.92. The number of anilines is 1. The van der Waals surface area contributed by atoms with Crippen molar-refractivity contribution in [3.05, 3.63) is 47.2 Å². The monoisotopic (exact) mass is 363 g/mol. The average molecular weight is 363 g/mol. The van der Waals surface area contributed by atoms with Gasteiger partial charge in [0.15, 0.2) is 11.6 Å². The van der Waals surface area contributed by atoms with E-state index in [1.165, 1.54) is 11.3 Å². The molecule has 1 saturated heterocycles. The van der Waals surface area contributed by atoms with E-state index in [1.54, 1.807) is 0 Å². The lowest BCUT2D eigenvalue weighted by molar-refractivity contribution is -0.119. The molecule has 1 fully saturated rings. The molecule has 6 heteroatoms.